The summed E-state index contributed by atoms with van der Waals surface area (Å²) in [4.78, 5) is 0.264. The van der Waals surface area contributed by atoms with Crippen LogP contribution in [0.4, 0.5) is 0 Å². The van der Waals surface area contributed by atoms with Crippen LogP contribution < -0.4 is 0 Å². The molecular weight excluding hydrogens is 270 g/mol. The minimum atomic E-state index is -3.70. The Balaban J connectivity index is 2.31. The van der Waals surface area contributed by atoms with Crippen molar-refractivity contribution in [3.05, 3.63) is 30.0 Å². The van der Waals surface area contributed by atoms with Gasteiger partial charge in [-0.2, -0.15) is 0 Å². The average molecular weight is 284 g/mol. The maximum absolute atomic E-state index is 11.7. The van der Waals surface area contributed by atoms with Crippen molar-refractivity contribution >= 4 is 30.6 Å². The van der Waals surface area contributed by atoms with Gasteiger partial charge in [-0.25, -0.2) is 8.42 Å². The van der Waals surface area contributed by atoms with Gasteiger partial charge in [0, 0.05) is 33.8 Å². The number of hydrogen-bond acceptors (Lipinski definition) is 2. The monoisotopic (exact) mass is 283 g/mol. The molecule has 0 atom stereocenters. The van der Waals surface area contributed by atoms with E-state index in [0.717, 1.165) is 23.1 Å². The summed E-state index contributed by atoms with van der Waals surface area (Å²) in [6, 6.07) is 7.54. The van der Waals surface area contributed by atoms with E-state index in [4.69, 9.17) is 10.7 Å². The summed E-state index contributed by atoms with van der Waals surface area (Å²) in [5.74, 6) is 0.686. The van der Waals surface area contributed by atoms with Crippen LogP contribution in [0.15, 0.2) is 29.2 Å². The third kappa shape index (κ3) is 1.93. The first kappa shape index (κ1) is 12.1. The quantitative estimate of drug-likeness (QED) is 0.811. The lowest BCUT2D eigenvalue weighted by atomic mass is 10.2. The van der Waals surface area contributed by atoms with Crippen LogP contribution in [-0.4, -0.2) is 13.0 Å². The van der Waals surface area contributed by atoms with E-state index in [1.165, 1.54) is 12.8 Å². The summed E-state index contributed by atoms with van der Waals surface area (Å²) in [5.41, 5.74) is 1.71. The van der Waals surface area contributed by atoms with Gasteiger partial charge in [-0.15, -0.1) is 0 Å². The Morgan fingerprint density at radius 1 is 1.33 bits per heavy atom. The van der Waals surface area contributed by atoms with Crippen molar-refractivity contribution in [1.29, 1.82) is 0 Å². The Labute approximate surface area is 111 Å². The molecule has 1 aromatic heterocycles. The summed E-state index contributed by atoms with van der Waals surface area (Å²) < 4.78 is 25.6. The molecule has 2 aromatic rings. The van der Waals surface area contributed by atoms with E-state index in [1.807, 2.05) is 31.2 Å². The van der Waals surface area contributed by atoms with E-state index >= 15 is 0 Å². The maximum atomic E-state index is 11.7. The lowest BCUT2D eigenvalue weighted by Crippen LogP contribution is -2.03. The van der Waals surface area contributed by atoms with Crippen molar-refractivity contribution in [2.24, 2.45) is 5.92 Å². The van der Waals surface area contributed by atoms with Crippen LogP contribution >= 0.6 is 10.7 Å². The third-order valence-corrected chi connectivity index (χ3v) is 5.02. The number of para-hydroxylation sites is 1. The zero-order valence-electron chi connectivity index (χ0n) is 10.1. The number of rotatable bonds is 3. The topological polar surface area (TPSA) is 39.1 Å². The van der Waals surface area contributed by atoms with Crippen molar-refractivity contribution in [3.8, 4) is 0 Å². The van der Waals surface area contributed by atoms with Gasteiger partial charge in [-0.05, 0) is 31.7 Å². The molecule has 3 nitrogen and oxygen atoms in total. The minimum absolute atomic E-state index is 0.264. The van der Waals surface area contributed by atoms with Crippen molar-refractivity contribution in [1.82, 2.24) is 4.57 Å². The van der Waals surface area contributed by atoms with Gasteiger partial charge in [0.15, 0.2) is 0 Å². The number of aromatic nitrogens is 1. The second kappa shape index (κ2) is 4.00. The van der Waals surface area contributed by atoms with E-state index in [-0.39, 0.29) is 4.90 Å². The summed E-state index contributed by atoms with van der Waals surface area (Å²) in [7, 11) is 1.86. The SMILES string of the molecule is Cc1c(S(=O)(=O)Cl)c2ccccc2n1CC1CC1. The second-order valence-corrected chi connectivity index (χ2v) is 7.43. The van der Waals surface area contributed by atoms with Crippen LogP contribution in [0.1, 0.15) is 18.5 Å². The van der Waals surface area contributed by atoms with Crippen LogP contribution in [0.2, 0.25) is 0 Å². The molecular formula is C13H14ClNO2S. The standard InChI is InChI=1S/C13H14ClNO2S/c1-9-13(18(14,16)17)11-4-2-3-5-12(11)15(9)8-10-6-7-10/h2-5,10H,6-8H2,1H3. The maximum Gasteiger partial charge on any atom is 0.263 e. The molecule has 1 fully saturated rings. The summed E-state index contributed by atoms with van der Waals surface area (Å²) in [5, 5.41) is 0.727. The molecule has 0 unspecified atom stereocenters. The molecule has 0 aliphatic heterocycles. The highest BCUT2D eigenvalue weighted by Crippen LogP contribution is 2.36. The van der Waals surface area contributed by atoms with Crippen LogP contribution in [0.3, 0.4) is 0 Å². The molecule has 1 heterocycles. The molecule has 1 saturated carbocycles. The molecule has 5 heteroatoms. The molecule has 1 aromatic carbocycles. The fourth-order valence-corrected chi connectivity index (χ4v) is 3.98. The lowest BCUT2D eigenvalue weighted by molar-refractivity contribution is 0.603. The molecule has 0 spiro atoms. The van der Waals surface area contributed by atoms with Gasteiger partial charge >= 0.3 is 0 Å². The van der Waals surface area contributed by atoms with Crippen molar-refractivity contribution in [3.63, 3.8) is 0 Å². The Morgan fingerprint density at radius 3 is 2.61 bits per heavy atom. The molecule has 0 bridgehead atoms. The first-order chi connectivity index (χ1) is 8.48. The molecule has 1 aliphatic carbocycles. The molecule has 1 aliphatic rings. The highest BCUT2D eigenvalue weighted by Gasteiger charge is 2.27. The first-order valence-corrected chi connectivity index (χ1v) is 8.32. The molecule has 0 amide bonds. The van der Waals surface area contributed by atoms with Crippen LogP contribution in [-0.2, 0) is 15.6 Å². The predicted octanol–water partition coefficient (Wildman–Crippen LogP) is 3.29. The Morgan fingerprint density at radius 2 is 2.00 bits per heavy atom. The van der Waals surface area contributed by atoms with Gasteiger partial charge in [-0.3, -0.25) is 0 Å². The van der Waals surface area contributed by atoms with E-state index in [1.54, 1.807) is 0 Å². The lowest BCUT2D eigenvalue weighted by Gasteiger charge is -2.06. The summed E-state index contributed by atoms with van der Waals surface area (Å²) >= 11 is 0. The van der Waals surface area contributed by atoms with Crippen LogP contribution in [0.25, 0.3) is 10.9 Å². The second-order valence-electron chi connectivity index (χ2n) is 4.92. The normalized spacial score (nSPS) is 16.3. The van der Waals surface area contributed by atoms with E-state index in [2.05, 4.69) is 4.57 Å². The van der Waals surface area contributed by atoms with Crippen molar-refractivity contribution in [2.45, 2.75) is 31.2 Å². The van der Waals surface area contributed by atoms with Gasteiger partial charge in [-0.1, -0.05) is 18.2 Å². The first-order valence-electron chi connectivity index (χ1n) is 6.01. The Bertz CT molecular complexity index is 714. The molecule has 0 N–H and O–H groups in total. The van der Waals surface area contributed by atoms with Gasteiger partial charge in [0.25, 0.3) is 9.05 Å². The third-order valence-electron chi connectivity index (χ3n) is 3.55. The zero-order chi connectivity index (χ0) is 12.9. The average Bonchev–Trinajstić information content (AvgIpc) is 3.04. The van der Waals surface area contributed by atoms with Gasteiger partial charge in [0.2, 0.25) is 0 Å². The number of benzene rings is 1. The van der Waals surface area contributed by atoms with E-state index in [0.29, 0.717) is 5.92 Å². The van der Waals surface area contributed by atoms with E-state index < -0.39 is 9.05 Å². The summed E-state index contributed by atoms with van der Waals surface area (Å²) in [6.07, 6.45) is 2.46. The highest BCUT2D eigenvalue weighted by atomic mass is 35.7. The predicted molar refractivity (Wildman–Crippen MR) is 72.4 cm³/mol. The highest BCUT2D eigenvalue weighted by molar-refractivity contribution is 8.14. The largest absolute Gasteiger partial charge is 0.343 e. The van der Waals surface area contributed by atoms with Crippen molar-refractivity contribution in [2.75, 3.05) is 0 Å². The molecule has 96 valence electrons. The van der Waals surface area contributed by atoms with Gasteiger partial charge < -0.3 is 4.57 Å². The number of hydrogen-bond donors (Lipinski definition) is 0. The Hall–Kier alpha value is -1.00. The number of nitrogens with zero attached hydrogens (tertiary/aromatic N) is 1. The van der Waals surface area contributed by atoms with E-state index in [9.17, 15) is 8.42 Å². The fraction of sp³-hybridized carbons (Fsp3) is 0.385. The van der Waals surface area contributed by atoms with Gasteiger partial charge in [0.05, 0.1) is 0 Å². The number of halogens is 1. The smallest absolute Gasteiger partial charge is 0.263 e. The van der Waals surface area contributed by atoms with Gasteiger partial charge in [0.1, 0.15) is 4.90 Å². The summed E-state index contributed by atoms with van der Waals surface area (Å²) in [6.45, 7) is 2.72. The van der Waals surface area contributed by atoms with Crippen molar-refractivity contribution < 1.29 is 8.42 Å². The molecule has 0 radical (unpaired) electrons. The Kier molecular flexibility index (Phi) is 2.68. The molecule has 0 saturated heterocycles. The van der Waals surface area contributed by atoms with Crippen LogP contribution in [0, 0.1) is 12.8 Å². The minimum Gasteiger partial charge on any atom is -0.343 e. The number of fused-ring (bicyclic) bond motifs is 1. The zero-order valence-corrected chi connectivity index (χ0v) is 11.6. The fourth-order valence-electron chi connectivity index (χ4n) is 2.50. The molecule has 3 rings (SSSR count). The molecule has 18 heavy (non-hydrogen) atoms. The van der Waals surface area contributed by atoms with Crippen LogP contribution in [0.5, 0.6) is 0 Å².